The van der Waals surface area contributed by atoms with Crippen LogP contribution < -0.4 is 4.74 Å². The summed E-state index contributed by atoms with van der Waals surface area (Å²) in [5.41, 5.74) is 0. The van der Waals surface area contributed by atoms with Crippen LogP contribution in [0.15, 0.2) is 24.3 Å². The molecule has 214 valence electrons. The lowest BCUT2D eigenvalue weighted by atomic mass is 10.0. The SMILES string of the molecule is O=C1CCCCCCCCCCCCCCCCCCC(=O)OC(COC(=O)Oc2ccc(O)cc2)CO1. The second-order valence-electron chi connectivity index (χ2n) is 10.1. The molecule has 1 aromatic rings. The molecule has 8 nitrogen and oxygen atoms in total. The van der Waals surface area contributed by atoms with E-state index in [9.17, 15) is 19.5 Å². The van der Waals surface area contributed by atoms with E-state index in [1.807, 2.05) is 0 Å². The van der Waals surface area contributed by atoms with E-state index in [0.29, 0.717) is 6.42 Å². The zero-order chi connectivity index (χ0) is 27.3. The number of cyclic esters (lactones) is 2. The molecular weight excluding hydrogens is 488 g/mol. The van der Waals surface area contributed by atoms with E-state index in [2.05, 4.69) is 0 Å². The van der Waals surface area contributed by atoms with Crippen molar-refractivity contribution in [3.63, 3.8) is 0 Å². The number of aromatic hydroxyl groups is 1. The largest absolute Gasteiger partial charge is 0.513 e. The zero-order valence-corrected chi connectivity index (χ0v) is 22.8. The van der Waals surface area contributed by atoms with Crippen LogP contribution in [0.5, 0.6) is 11.5 Å². The standard InChI is InChI=1S/C30H46O8/c31-25-19-21-26(22-20-25)38-30(34)36-24-27-23-35-28(32)17-15-13-11-9-7-5-3-1-2-4-6-8-10-12-14-16-18-29(33)37-27/h19-22,27,31H,1-18,23-24H2. The minimum Gasteiger partial charge on any atom is -0.508 e. The molecule has 0 aliphatic carbocycles. The third kappa shape index (κ3) is 16.2. The maximum absolute atomic E-state index is 12.4. The van der Waals surface area contributed by atoms with Crippen molar-refractivity contribution in [2.75, 3.05) is 13.2 Å². The molecule has 1 N–H and O–H groups in total. The van der Waals surface area contributed by atoms with Gasteiger partial charge in [0.05, 0.1) is 0 Å². The van der Waals surface area contributed by atoms with E-state index in [4.69, 9.17) is 18.9 Å². The quantitative estimate of drug-likeness (QED) is 0.243. The van der Waals surface area contributed by atoms with Crippen LogP contribution >= 0.6 is 0 Å². The Kier molecular flexibility index (Phi) is 16.7. The third-order valence-corrected chi connectivity index (χ3v) is 6.67. The van der Waals surface area contributed by atoms with E-state index in [1.54, 1.807) is 0 Å². The summed E-state index contributed by atoms with van der Waals surface area (Å²) in [6.07, 6.45) is 17.1. The monoisotopic (exact) mass is 534 g/mol. The number of phenols is 1. The molecule has 0 radical (unpaired) electrons. The van der Waals surface area contributed by atoms with Crippen LogP contribution in [0, 0.1) is 0 Å². The Morgan fingerprint density at radius 3 is 1.66 bits per heavy atom. The van der Waals surface area contributed by atoms with Crippen molar-refractivity contribution in [2.45, 2.75) is 122 Å². The van der Waals surface area contributed by atoms with Gasteiger partial charge in [-0.3, -0.25) is 9.59 Å². The first-order chi connectivity index (χ1) is 18.5. The summed E-state index contributed by atoms with van der Waals surface area (Å²) < 4.78 is 21.0. The van der Waals surface area contributed by atoms with Gasteiger partial charge in [0.1, 0.15) is 24.7 Å². The Morgan fingerprint density at radius 1 is 0.711 bits per heavy atom. The number of carbonyl (C=O) groups excluding carboxylic acids is 3. The van der Waals surface area contributed by atoms with Gasteiger partial charge in [0.15, 0.2) is 6.10 Å². The topological polar surface area (TPSA) is 108 Å². The molecule has 2 rings (SSSR count). The molecule has 1 aliphatic heterocycles. The van der Waals surface area contributed by atoms with Crippen molar-refractivity contribution in [3.05, 3.63) is 24.3 Å². The highest BCUT2D eigenvalue weighted by Gasteiger charge is 2.20. The number of phenolic OH excluding ortho intramolecular Hbond substituents is 1. The summed E-state index contributed by atoms with van der Waals surface area (Å²) in [7, 11) is 0. The molecule has 1 unspecified atom stereocenters. The van der Waals surface area contributed by atoms with Crippen LogP contribution in [0.4, 0.5) is 4.79 Å². The molecule has 8 heteroatoms. The minimum atomic E-state index is -0.984. The number of benzene rings is 1. The molecule has 1 aliphatic rings. The van der Waals surface area contributed by atoms with Gasteiger partial charge in [-0.1, -0.05) is 89.9 Å². The molecule has 0 amide bonds. The van der Waals surface area contributed by atoms with Crippen LogP contribution in [0.25, 0.3) is 0 Å². The molecule has 1 aromatic carbocycles. The second-order valence-corrected chi connectivity index (χ2v) is 10.1. The second kappa shape index (κ2) is 20.2. The van der Waals surface area contributed by atoms with Crippen molar-refractivity contribution in [1.82, 2.24) is 0 Å². The van der Waals surface area contributed by atoms with Crippen LogP contribution in [0.3, 0.4) is 0 Å². The van der Waals surface area contributed by atoms with Gasteiger partial charge < -0.3 is 24.1 Å². The van der Waals surface area contributed by atoms with Gasteiger partial charge in [-0.15, -0.1) is 0 Å². The third-order valence-electron chi connectivity index (χ3n) is 6.67. The summed E-state index contributed by atoms with van der Waals surface area (Å²) in [6.45, 7) is -0.479. The minimum absolute atomic E-state index is 0.0412. The molecule has 0 aromatic heterocycles. The van der Waals surface area contributed by atoms with E-state index in [0.717, 1.165) is 38.5 Å². The van der Waals surface area contributed by atoms with E-state index in [-0.39, 0.29) is 37.1 Å². The lowest BCUT2D eigenvalue weighted by Gasteiger charge is -2.18. The maximum Gasteiger partial charge on any atom is 0.513 e. The van der Waals surface area contributed by atoms with Crippen molar-refractivity contribution in [3.8, 4) is 11.5 Å². The molecule has 1 saturated heterocycles. The molecule has 1 heterocycles. The van der Waals surface area contributed by atoms with Crippen molar-refractivity contribution in [2.24, 2.45) is 0 Å². The summed E-state index contributed by atoms with van der Waals surface area (Å²) in [6, 6.07) is 5.60. The summed E-state index contributed by atoms with van der Waals surface area (Å²) in [5.74, 6) is -0.521. The van der Waals surface area contributed by atoms with E-state index < -0.39 is 18.2 Å². The molecule has 0 spiro atoms. The first-order valence-electron chi connectivity index (χ1n) is 14.5. The fraction of sp³-hybridized carbons (Fsp3) is 0.700. The first-order valence-corrected chi connectivity index (χ1v) is 14.5. The first kappa shape index (κ1) is 31.4. The predicted octanol–water partition coefficient (Wildman–Crippen LogP) is 7.40. The Morgan fingerprint density at radius 2 is 1.16 bits per heavy atom. The maximum atomic E-state index is 12.4. The van der Waals surface area contributed by atoms with Gasteiger partial charge in [0, 0.05) is 12.8 Å². The highest BCUT2D eigenvalue weighted by Crippen LogP contribution is 2.17. The Hall–Kier alpha value is -2.77. The van der Waals surface area contributed by atoms with Gasteiger partial charge in [0.25, 0.3) is 0 Å². The number of carbonyl (C=O) groups is 3. The molecular formula is C30H46O8. The zero-order valence-electron chi connectivity index (χ0n) is 22.8. The molecule has 0 bridgehead atoms. The number of rotatable bonds is 3. The van der Waals surface area contributed by atoms with Crippen LogP contribution in [-0.2, 0) is 23.8 Å². The number of ether oxygens (including phenoxy) is 4. The number of hydrogen-bond donors (Lipinski definition) is 1. The van der Waals surface area contributed by atoms with Gasteiger partial charge in [-0.2, -0.15) is 0 Å². The van der Waals surface area contributed by atoms with E-state index in [1.165, 1.54) is 88.5 Å². The van der Waals surface area contributed by atoms with Crippen LogP contribution in [0.2, 0.25) is 0 Å². The predicted molar refractivity (Wildman–Crippen MR) is 144 cm³/mol. The fourth-order valence-electron chi connectivity index (χ4n) is 4.43. The smallest absolute Gasteiger partial charge is 0.508 e. The number of esters is 2. The van der Waals surface area contributed by atoms with Gasteiger partial charge in [-0.05, 0) is 37.1 Å². The molecule has 1 fully saturated rings. The molecule has 1 atom stereocenters. The van der Waals surface area contributed by atoms with Crippen molar-refractivity contribution < 1.29 is 38.4 Å². The van der Waals surface area contributed by atoms with Crippen molar-refractivity contribution >= 4 is 18.1 Å². The average molecular weight is 535 g/mol. The Bertz CT molecular complexity index is 792. The summed E-state index contributed by atoms with van der Waals surface area (Å²) >= 11 is 0. The summed E-state index contributed by atoms with van der Waals surface area (Å²) in [4.78, 5) is 36.7. The highest BCUT2D eigenvalue weighted by atomic mass is 16.7. The van der Waals surface area contributed by atoms with Crippen LogP contribution in [-0.4, -0.2) is 42.5 Å². The van der Waals surface area contributed by atoms with Gasteiger partial charge in [-0.25, -0.2) is 4.79 Å². The lowest BCUT2D eigenvalue weighted by molar-refractivity contribution is -0.161. The van der Waals surface area contributed by atoms with E-state index >= 15 is 0 Å². The average Bonchev–Trinajstić information content (AvgIpc) is 2.90. The number of hydrogen-bond acceptors (Lipinski definition) is 8. The van der Waals surface area contributed by atoms with Crippen molar-refractivity contribution in [1.29, 1.82) is 0 Å². The summed E-state index contributed by atoms with van der Waals surface area (Å²) in [5, 5.41) is 9.33. The fourth-order valence-corrected chi connectivity index (χ4v) is 4.43. The Balaban J connectivity index is 1.81. The van der Waals surface area contributed by atoms with Gasteiger partial charge in [0.2, 0.25) is 0 Å². The normalized spacial score (nSPS) is 20.8. The molecule has 0 saturated carbocycles. The van der Waals surface area contributed by atoms with Crippen LogP contribution in [0.1, 0.15) is 116 Å². The highest BCUT2D eigenvalue weighted by molar-refractivity contribution is 5.70. The van der Waals surface area contributed by atoms with Gasteiger partial charge >= 0.3 is 18.1 Å². The Labute approximate surface area is 227 Å². The molecule has 38 heavy (non-hydrogen) atoms. The lowest BCUT2D eigenvalue weighted by Crippen LogP contribution is -2.31.